The summed E-state index contributed by atoms with van der Waals surface area (Å²) < 4.78 is 15.0. The minimum absolute atomic E-state index is 0.0803. The Bertz CT molecular complexity index is 1410. The molecule has 0 saturated carbocycles. The quantitative estimate of drug-likeness (QED) is 0.497. The number of rotatable bonds is 5. The van der Waals surface area contributed by atoms with Crippen LogP contribution in [0.1, 0.15) is 33.2 Å². The van der Waals surface area contributed by atoms with Crippen molar-refractivity contribution in [1.82, 2.24) is 9.55 Å². The zero-order chi connectivity index (χ0) is 22.8. The fraction of sp³-hybridized carbons (Fsp3) is 0.0833. The number of aromatic nitrogens is 2. The molecule has 0 spiro atoms. The maximum atomic E-state index is 13.4. The van der Waals surface area contributed by atoms with E-state index in [1.54, 1.807) is 29.7 Å². The van der Waals surface area contributed by atoms with Gasteiger partial charge >= 0.3 is 5.97 Å². The van der Waals surface area contributed by atoms with Gasteiger partial charge in [-0.05, 0) is 60.5 Å². The van der Waals surface area contributed by atoms with Gasteiger partial charge in [-0.1, -0.05) is 13.0 Å². The lowest BCUT2D eigenvalue weighted by Gasteiger charge is -2.15. The molecule has 4 aromatic rings. The largest absolute Gasteiger partial charge is 0.478 e. The third kappa shape index (κ3) is 3.74. The van der Waals surface area contributed by atoms with Gasteiger partial charge in [0.1, 0.15) is 17.0 Å². The summed E-state index contributed by atoms with van der Waals surface area (Å²) in [5, 5.41) is 12.3. The number of amides is 1. The van der Waals surface area contributed by atoms with Crippen LogP contribution in [0.15, 0.2) is 71.8 Å². The van der Waals surface area contributed by atoms with Crippen LogP contribution in [-0.2, 0) is 6.42 Å². The number of halogens is 1. The molecule has 32 heavy (non-hydrogen) atoms. The number of anilines is 1. The number of hydrogen-bond acceptors (Lipinski definition) is 4. The molecule has 160 valence electrons. The van der Waals surface area contributed by atoms with Crippen molar-refractivity contribution in [2.45, 2.75) is 13.3 Å². The number of nitrogens with zero attached hydrogens (tertiary/aromatic N) is 2. The first-order valence-corrected chi connectivity index (χ1v) is 9.83. The van der Waals surface area contributed by atoms with Gasteiger partial charge in [-0.2, -0.15) is 0 Å². The number of carbonyl (C=O) groups excluding carboxylic acids is 1. The van der Waals surface area contributed by atoms with Crippen molar-refractivity contribution in [3.05, 3.63) is 99.7 Å². The third-order valence-corrected chi connectivity index (χ3v) is 5.12. The van der Waals surface area contributed by atoms with E-state index in [1.807, 2.05) is 0 Å². The first-order valence-electron chi connectivity index (χ1n) is 9.83. The molecule has 2 aromatic carbocycles. The molecule has 0 bridgehead atoms. The van der Waals surface area contributed by atoms with Crippen LogP contribution in [-0.4, -0.2) is 26.5 Å². The van der Waals surface area contributed by atoms with E-state index in [0.29, 0.717) is 29.0 Å². The van der Waals surface area contributed by atoms with Gasteiger partial charge in [-0.3, -0.25) is 9.59 Å². The van der Waals surface area contributed by atoms with E-state index in [9.17, 15) is 23.9 Å². The molecular weight excluding hydrogens is 413 g/mol. The summed E-state index contributed by atoms with van der Waals surface area (Å²) in [6.45, 7) is 1.78. The molecule has 0 fully saturated rings. The number of carboxylic acid groups (broad SMARTS) is 1. The van der Waals surface area contributed by atoms with Crippen molar-refractivity contribution < 1.29 is 19.1 Å². The fourth-order valence-electron chi connectivity index (χ4n) is 3.60. The lowest BCUT2D eigenvalue weighted by Crippen LogP contribution is -2.24. The van der Waals surface area contributed by atoms with Crippen LogP contribution in [0, 0.1) is 5.82 Å². The second-order valence-electron chi connectivity index (χ2n) is 7.04. The molecule has 8 heteroatoms. The van der Waals surface area contributed by atoms with Crippen LogP contribution >= 0.6 is 0 Å². The number of carbonyl (C=O) groups is 2. The Kier molecular flexibility index (Phi) is 5.51. The second kappa shape index (κ2) is 8.43. The highest BCUT2D eigenvalue weighted by atomic mass is 19.1. The summed E-state index contributed by atoms with van der Waals surface area (Å²) >= 11 is 0. The number of benzene rings is 2. The fourth-order valence-corrected chi connectivity index (χ4v) is 3.60. The Balaban J connectivity index is 1.85. The monoisotopic (exact) mass is 431 g/mol. The Morgan fingerprint density at radius 1 is 1.06 bits per heavy atom. The zero-order valence-electron chi connectivity index (χ0n) is 17.0. The predicted octanol–water partition coefficient (Wildman–Crippen LogP) is 4.04. The molecule has 0 saturated heterocycles. The molecule has 0 unspecified atom stereocenters. The van der Waals surface area contributed by atoms with Crippen LogP contribution in [0.25, 0.3) is 16.7 Å². The zero-order valence-corrected chi connectivity index (χ0v) is 17.0. The van der Waals surface area contributed by atoms with Gasteiger partial charge in [-0.15, -0.1) is 0 Å². The summed E-state index contributed by atoms with van der Waals surface area (Å²) in [5.41, 5.74) is 1.02. The van der Waals surface area contributed by atoms with E-state index in [0.717, 1.165) is 0 Å². The van der Waals surface area contributed by atoms with Gasteiger partial charge in [0.15, 0.2) is 0 Å². The normalized spacial score (nSPS) is 10.8. The second-order valence-corrected chi connectivity index (χ2v) is 7.04. The summed E-state index contributed by atoms with van der Waals surface area (Å²) in [6.07, 6.45) is 3.25. The van der Waals surface area contributed by atoms with Crippen molar-refractivity contribution in [2.75, 3.05) is 5.32 Å². The molecule has 0 aliphatic carbocycles. The first-order chi connectivity index (χ1) is 15.4. The van der Waals surface area contributed by atoms with Crippen molar-refractivity contribution in [2.24, 2.45) is 0 Å². The molecule has 4 rings (SSSR count). The molecule has 0 atom stereocenters. The highest BCUT2D eigenvalue weighted by Gasteiger charge is 2.19. The summed E-state index contributed by atoms with van der Waals surface area (Å²) in [6, 6.07) is 13.3. The highest BCUT2D eigenvalue weighted by Crippen LogP contribution is 2.22. The number of fused-ring (bicyclic) bond motifs is 1. The average molecular weight is 431 g/mol. The Morgan fingerprint density at radius 2 is 1.81 bits per heavy atom. The number of nitrogens with one attached hydrogen (secondary N) is 1. The average Bonchev–Trinajstić information content (AvgIpc) is 2.80. The molecule has 0 aliphatic rings. The van der Waals surface area contributed by atoms with Gasteiger partial charge in [0, 0.05) is 23.8 Å². The van der Waals surface area contributed by atoms with E-state index < -0.39 is 23.1 Å². The van der Waals surface area contributed by atoms with E-state index in [2.05, 4.69) is 10.3 Å². The predicted molar refractivity (Wildman–Crippen MR) is 118 cm³/mol. The van der Waals surface area contributed by atoms with E-state index >= 15 is 0 Å². The molecule has 2 heterocycles. The van der Waals surface area contributed by atoms with Crippen molar-refractivity contribution in [3.8, 4) is 5.69 Å². The first kappa shape index (κ1) is 20.9. The molecule has 2 N–H and O–H groups in total. The summed E-state index contributed by atoms with van der Waals surface area (Å²) in [4.78, 5) is 41.9. The Hall–Kier alpha value is -4.33. The summed E-state index contributed by atoms with van der Waals surface area (Å²) in [7, 11) is 0. The van der Waals surface area contributed by atoms with Gasteiger partial charge in [-0.25, -0.2) is 14.2 Å². The van der Waals surface area contributed by atoms with Crippen LogP contribution in [0.2, 0.25) is 0 Å². The standard InChI is InChI=1S/C24H18FN3O4/c1-2-16-17(24(31)32)5-3-7-20(16)27-23(30)19-13-28(15-10-8-14(25)9-11-15)22-18(21(19)29)6-4-12-26-22/h3-13H,2H2,1H3,(H,27,30)(H,31,32). The molecular formula is C24H18FN3O4. The minimum atomic E-state index is -1.10. The number of hydrogen-bond donors (Lipinski definition) is 2. The maximum Gasteiger partial charge on any atom is 0.336 e. The topological polar surface area (TPSA) is 101 Å². The van der Waals surface area contributed by atoms with Crippen LogP contribution in [0.5, 0.6) is 0 Å². The van der Waals surface area contributed by atoms with Gasteiger partial charge in [0.2, 0.25) is 5.43 Å². The number of pyridine rings is 2. The number of carboxylic acids is 1. The third-order valence-electron chi connectivity index (χ3n) is 5.12. The van der Waals surface area contributed by atoms with E-state index in [1.165, 1.54) is 48.8 Å². The van der Waals surface area contributed by atoms with Gasteiger partial charge in [0.05, 0.1) is 10.9 Å². The molecule has 1 amide bonds. The highest BCUT2D eigenvalue weighted by molar-refractivity contribution is 6.06. The SMILES string of the molecule is CCc1c(NC(=O)c2cn(-c3ccc(F)cc3)c3ncccc3c2=O)cccc1C(=O)O. The maximum absolute atomic E-state index is 13.4. The van der Waals surface area contributed by atoms with Crippen LogP contribution < -0.4 is 10.7 Å². The van der Waals surface area contributed by atoms with E-state index in [4.69, 9.17) is 0 Å². The van der Waals surface area contributed by atoms with Gasteiger partial charge in [0.25, 0.3) is 5.91 Å². The molecule has 0 aliphatic heterocycles. The number of aromatic carboxylic acids is 1. The Morgan fingerprint density at radius 3 is 2.50 bits per heavy atom. The van der Waals surface area contributed by atoms with Gasteiger partial charge < -0.3 is 15.0 Å². The lowest BCUT2D eigenvalue weighted by molar-refractivity contribution is 0.0695. The summed E-state index contributed by atoms with van der Waals surface area (Å²) in [5.74, 6) is -2.21. The molecule has 2 aromatic heterocycles. The molecule has 0 radical (unpaired) electrons. The van der Waals surface area contributed by atoms with Crippen LogP contribution in [0.4, 0.5) is 10.1 Å². The minimum Gasteiger partial charge on any atom is -0.478 e. The lowest BCUT2D eigenvalue weighted by atomic mass is 10.0. The van der Waals surface area contributed by atoms with E-state index in [-0.39, 0.29) is 16.5 Å². The van der Waals surface area contributed by atoms with Crippen molar-refractivity contribution >= 4 is 28.6 Å². The smallest absolute Gasteiger partial charge is 0.336 e. The van der Waals surface area contributed by atoms with Crippen LogP contribution in [0.3, 0.4) is 0 Å². The van der Waals surface area contributed by atoms with Crippen molar-refractivity contribution in [1.29, 1.82) is 0 Å². The Labute approximate surface area is 181 Å². The molecule has 7 nitrogen and oxygen atoms in total. The van der Waals surface area contributed by atoms with Crippen molar-refractivity contribution in [3.63, 3.8) is 0 Å².